The molecule has 0 aliphatic rings. The van der Waals surface area contributed by atoms with Gasteiger partial charge in [-0.3, -0.25) is 4.79 Å². The summed E-state index contributed by atoms with van der Waals surface area (Å²) in [7, 11) is 4.76. The number of hydrogen-bond acceptors (Lipinski definition) is 6. The summed E-state index contributed by atoms with van der Waals surface area (Å²) in [6, 6.07) is 14.5. The number of H-pyrrole nitrogens is 2. The van der Waals surface area contributed by atoms with Crippen LogP contribution >= 0.6 is 0 Å². The number of aliphatic hydroxyl groups excluding tert-OH is 1. The van der Waals surface area contributed by atoms with Crippen molar-refractivity contribution in [2.75, 3.05) is 27.9 Å². The van der Waals surface area contributed by atoms with Gasteiger partial charge in [0.15, 0.2) is 11.5 Å². The lowest BCUT2D eigenvalue weighted by atomic mass is 10.0. The molecule has 2 aromatic carbocycles. The monoisotopic (exact) mass is 464 g/mol. The molecule has 0 saturated carbocycles. The number of aromatic amines is 2. The Labute approximate surface area is 197 Å². The van der Waals surface area contributed by atoms with Gasteiger partial charge in [-0.15, -0.1) is 0 Å². The van der Waals surface area contributed by atoms with Crippen molar-refractivity contribution in [3.8, 4) is 23.0 Å². The van der Waals surface area contributed by atoms with Crippen LogP contribution in [-0.2, 0) is 12.8 Å². The topological polar surface area (TPSA) is 106 Å². The number of benzene rings is 2. The maximum atomic E-state index is 11.4. The van der Waals surface area contributed by atoms with Crippen LogP contribution in [0.4, 0.5) is 0 Å². The molecule has 8 nitrogen and oxygen atoms in total. The van der Waals surface area contributed by atoms with Gasteiger partial charge >= 0.3 is 0 Å². The summed E-state index contributed by atoms with van der Waals surface area (Å²) in [5, 5.41) is 11.5. The molecule has 34 heavy (non-hydrogen) atoms. The molecule has 4 aromatic rings. The van der Waals surface area contributed by atoms with Gasteiger partial charge in [0.2, 0.25) is 11.3 Å². The summed E-state index contributed by atoms with van der Waals surface area (Å²) >= 11 is 0. The van der Waals surface area contributed by atoms with E-state index in [1.165, 1.54) is 6.07 Å². The number of aromatic nitrogens is 2. The lowest BCUT2D eigenvalue weighted by Crippen LogP contribution is -2.21. The number of aliphatic hydroxyl groups is 1. The van der Waals surface area contributed by atoms with E-state index in [1.54, 1.807) is 39.5 Å². The van der Waals surface area contributed by atoms with Crippen LogP contribution in [0, 0.1) is 0 Å². The zero-order valence-corrected chi connectivity index (χ0v) is 19.4. The van der Waals surface area contributed by atoms with Gasteiger partial charge in [-0.05, 0) is 60.0 Å². The minimum Gasteiger partial charge on any atom is -0.493 e. The quantitative estimate of drug-likeness (QED) is 0.332. The van der Waals surface area contributed by atoms with Gasteiger partial charge in [0.1, 0.15) is 12.4 Å². The van der Waals surface area contributed by atoms with Crippen LogP contribution < -0.4 is 24.5 Å². The first-order valence-corrected chi connectivity index (χ1v) is 10.9. The first-order valence-electron chi connectivity index (χ1n) is 10.9. The molecule has 0 saturated heterocycles. The fourth-order valence-corrected chi connectivity index (χ4v) is 3.96. The lowest BCUT2D eigenvalue weighted by Gasteiger charge is -2.15. The number of fused-ring (bicyclic) bond motifs is 1. The molecule has 0 radical (unpaired) electrons. The van der Waals surface area contributed by atoms with Crippen molar-refractivity contribution in [2.24, 2.45) is 0 Å². The number of ether oxygens (including phenoxy) is 4. The lowest BCUT2D eigenvalue weighted by molar-refractivity contribution is 0.107. The van der Waals surface area contributed by atoms with E-state index in [1.807, 2.05) is 30.5 Å². The van der Waals surface area contributed by atoms with E-state index >= 15 is 0 Å². The van der Waals surface area contributed by atoms with Crippen molar-refractivity contribution >= 4 is 10.9 Å². The van der Waals surface area contributed by atoms with Crippen molar-refractivity contribution in [3.63, 3.8) is 0 Å². The zero-order valence-electron chi connectivity index (χ0n) is 19.4. The van der Waals surface area contributed by atoms with E-state index in [2.05, 4.69) is 9.97 Å². The van der Waals surface area contributed by atoms with E-state index in [0.717, 1.165) is 27.7 Å². The molecule has 178 valence electrons. The van der Waals surface area contributed by atoms with Gasteiger partial charge in [-0.25, -0.2) is 0 Å². The largest absolute Gasteiger partial charge is 0.493 e. The molecule has 0 amide bonds. The number of rotatable bonds is 10. The van der Waals surface area contributed by atoms with E-state index in [-0.39, 0.29) is 12.2 Å². The third kappa shape index (κ3) is 5.18. The highest BCUT2D eigenvalue weighted by Crippen LogP contribution is 2.38. The third-order valence-corrected chi connectivity index (χ3v) is 5.63. The van der Waals surface area contributed by atoms with Gasteiger partial charge in [0.05, 0.1) is 27.4 Å². The minimum absolute atomic E-state index is 0.136. The molecule has 0 aliphatic heterocycles. The second kappa shape index (κ2) is 10.4. The number of nitrogens with one attached hydrogen (secondary N) is 2. The highest BCUT2D eigenvalue weighted by Gasteiger charge is 2.16. The van der Waals surface area contributed by atoms with Crippen molar-refractivity contribution in [3.05, 3.63) is 81.9 Å². The van der Waals surface area contributed by atoms with Crippen LogP contribution in [0.1, 0.15) is 16.8 Å². The Balaban J connectivity index is 1.42. The summed E-state index contributed by atoms with van der Waals surface area (Å²) in [6.45, 7) is 0.136. The highest BCUT2D eigenvalue weighted by atomic mass is 16.5. The average Bonchev–Trinajstić information content (AvgIpc) is 3.28. The predicted octanol–water partition coefficient (Wildman–Crippen LogP) is 3.46. The van der Waals surface area contributed by atoms with Gasteiger partial charge in [0.25, 0.3) is 0 Å². The Morgan fingerprint density at radius 1 is 0.941 bits per heavy atom. The van der Waals surface area contributed by atoms with Crippen LogP contribution in [-0.4, -0.2) is 49.1 Å². The summed E-state index contributed by atoms with van der Waals surface area (Å²) in [4.78, 5) is 17.4. The molecule has 2 heterocycles. The standard InChI is InChI=1S/C26H28N2O6/c1-31-23-11-16(12-24(32-2)26(23)33-3)10-18-8-9-27-22(18)14-19(29)15-34-20-5-6-21-17(13-20)4-7-25(30)28-21/h4-9,11-13,19,27,29H,10,14-15H2,1-3H3,(H,28,30). The maximum Gasteiger partial charge on any atom is 0.248 e. The molecule has 1 atom stereocenters. The summed E-state index contributed by atoms with van der Waals surface area (Å²) in [5.74, 6) is 2.38. The Bertz CT molecular complexity index is 1300. The Morgan fingerprint density at radius 2 is 1.71 bits per heavy atom. The van der Waals surface area contributed by atoms with Crippen molar-refractivity contribution in [2.45, 2.75) is 18.9 Å². The van der Waals surface area contributed by atoms with Crippen LogP contribution in [0.15, 0.2) is 59.5 Å². The zero-order chi connectivity index (χ0) is 24.1. The smallest absolute Gasteiger partial charge is 0.248 e. The molecule has 0 bridgehead atoms. The Morgan fingerprint density at radius 3 is 2.41 bits per heavy atom. The van der Waals surface area contributed by atoms with Crippen molar-refractivity contribution in [1.82, 2.24) is 9.97 Å². The van der Waals surface area contributed by atoms with E-state index < -0.39 is 6.10 Å². The van der Waals surface area contributed by atoms with Crippen molar-refractivity contribution < 1.29 is 24.1 Å². The van der Waals surface area contributed by atoms with E-state index in [9.17, 15) is 9.90 Å². The van der Waals surface area contributed by atoms with Crippen LogP contribution in [0.25, 0.3) is 10.9 Å². The molecule has 1 unspecified atom stereocenters. The second-order valence-electron chi connectivity index (χ2n) is 7.93. The third-order valence-electron chi connectivity index (χ3n) is 5.63. The SMILES string of the molecule is COc1cc(Cc2cc[nH]c2CC(O)COc2ccc3[nH]c(=O)ccc3c2)cc(OC)c1OC. The fraction of sp³-hybridized carbons (Fsp3) is 0.269. The number of methoxy groups -OCH3 is 3. The second-order valence-corrected chi connectivity index (χ2v) is 7.93. The summed E-state index contributed by atoms with van der Waals surface area (Å²) < 4.78 is 22.1. The molecule has 3 N–H and O–H groups in total. The van der Waals surface area contributed by atoms with Gasteiger partial charge < -0.3 is 34.0 Å². The molecule has 0 fully saturated rings. The molecular formula is C26H28N2O6. The molecular weight excluding hydrogens is 436 g/mol. The van der Waals surface area contributed by atoms with Crippen LogP contribution in [0.3, 0.4) is 0 Å². The van der Waals surface area contributed by atoms with Crippen molar-refractivity contribution in [1.29, 1.82) is 0 Å². The van der Waals surface area contributed by atoms with Crippen LogP contribution in [0.5, 0.6) is 23.0 Å². The molecule has 0 aliphatic carbocycles. The first-order chi connectivity index (χ1) is 16.5. The molecule has 4 rings (SSSR count). The maximum absolute atomic E-state index is 11.4. The number of hydrogen-bond donors (Lipinski definition) is 3. The van der Waals surface area contributed by atoms with Gasteiger partial charge in [-0.2, -0.15) is 0 Å². The Hall–Kier alpha value is -3.91. The fourth-order valence-electron chi connectivity index (χ4n) is 3.96. The van der Waals surface area contributed by atoms with Gasteiger partial charge in [0, 0.05) is 35.3 Å². The minimum atomic E-state index is -0.705. The van der Waals surface area contributed by atoms with Gasteiger partial charge in [-0.1, -0.05) is 0 Å². The van der Waals surface area contributed by atoms with Crippen LogP contribution in [0.2, 0.25) is 0 Å². The molecule has 8 heteroatoms. The molecule has 2 aromatic heterocycles. The predicted molar refractivity (Wildman–Crippen MR) is 129 cm³/mol. The normalized spacial score (nSPS) is 11.9. The molecule has 0 spiro atoms. The highest BCUT2D eigenvalue weighted by molar-refractivity contribution is 5.79. The average molecular weight is 465 g/mol. The Kier molecular flexibility index (Phi) is 7.08. The summed E-state index contributed by atoms with van der Waals surface area (Å²) in [6.07, 6.45) is 2.20. The van der Waals surface area contributed by atoms with E-state index in [4.69, 9.17) is 18.9 Å². The summed E-state index contributed by atoms with van der Waals surface area (Å²) in [5.41, 5.74) is 3.58. The van der Waals surface area contributed by atoms with E-state index in [0.29, 0.717) is 35.8 Å². The number of pyridine rings is 1. The first kappa shape index (κ1) is 23.3.